The molecule has 20 heavy (non-hydrogen) atoms. The minimum atomic E-state index is -0.173. The number of ether oxygens (including phenoxy) is 2. The van der Waals surface area contributed by atoms with Crippen LogP contribution in [-0.4, -0.2) is 55.9 Å². The summed E-state index contributed by atoms with van der Waals surface area (Å²) in [7, 11) is 3.17. The van der Waals surface area contributed by atoms with Crippen LogP contribution >= 0.6 is 11.6 Å². The fourth-order valence-corrected chi connectivity index (χ4v) is 2.03. The van der Waals surface area contributed by atoms with Gasteiger partial charge in [0.1, 0.15) is 5.75 Å². The molecular formula is C14H20ClNO4. The molecule has 0 saturated heterocycles. The van der Waals surface area contributed by atoms with E-state index in [1.165, 1.54) is 12.1 Å². The average Bonchev–Trinajstić information content (AvgIpc) is 2.42. The van der Waals surface area contributed by atoms with E-state index in [-0.39, 0.29) is 22.7 Å². The topological polar surface area (TPSA) is 59.0 Å². The molecule has 112 valence electrons. The van der Waals surface area contributed by atoms with Gasteiger partial charge in [-0.1, -0.05) is 11.6 Å². The van der Waals surface area contributed by atoms with Crippen LogP contribution in [0.5, 0.6) is 5.75 Å². The minimum Gasteiger partial charge on any atom is -0.506 e. The number of amides is 1. The van der Waals surface area contributed by atoms with Gasteiger partial charge in [0.2, 0.25) is 0 Å². The highest BCUT2D eigenvalue weighted by atomic mass is 35.5. The fraction of sp³-hybridized carbons (Fsp3) is 0.500. The molecule has 0 aromatic heterocycles. The SMILES string of the molecule is COCCN(C(=O)c1ccc(O)c(Cl)c1)C(C)COC. The number of carbonyl (C=O) groups is 1. The molecule has 0 aliphatic rings. The summed E-state index contributed by atoms with van der Waals surface area (Å²) < 4.78 is 10.1. The van der Waals surface area contributed by atoms with Gasteiger partial charge in [0.25, 0.3) is 5.91 Å². The summed E-state index contributed by atoms with van der Waals surface area (Å²) in [6.07, 6.45) is 0. The van der Waals surface area contributed by atoms with E-state index in [9.17, 15) is 9.90 Å². The van der Waals surface area contributed by atoms with E-state index in [1.807, 2.05) is 6.92 Å². The molecule has 0 fully saturated rings. The molecule has 0 bridgehead atoms. The molecule has 1 atom stereocenters. The van der Waals surface area contributed by atoms with Gasteiger partial charge in [0.15, 0.2) is 0 Å². The quantitative estimate of drug-likeness (QED) is 0.838. The van der Waals surface area contributed by atoms with Crippen LogP contribution < -0.4 is 0 Å². The van der Waals surface area contributed by atoms with E-state index >= 15 is 0 Å². The summed E-state index contributed by atoms with van der Waals surface area (Å²) in [6.45, 7) is 3.23. The highest BCUT2D eigenvalue weighted by Crippen LogP contribution is 2.24. The first-order chi connectivity index (χ1) is 9.51. The molecule has 0 aliphatic carbocycles. The Bertz CT molecular complexity index is 453. The molecule has 1 N–H and O–H groups in total. The number of methoxy groups -OCH3 is 2. The summed E-state index contributed by atoms with van der Waals surface area (Å²) in [4.78, 5) is 14.2. The van der Waals surface area contributed by atoms with Crippen molar-refractivity contribution in [1.82, 2.24) is 4.90 Å². The van der Waals surface area contributed by atoms with Crippen molar-refractivity contribution in [1.29, 1.82) is 0 Å². The van der Waals surface area contributed by atoms with Gasteiger partial charge in [-0.2, -0.15) is 0 Å². The Kier molecular flexibility index (Phi) is 6.78. The predicted molar refractivity (Wildman–Crippen MR) is 77.4 cm³/mol. The molecule has 1 unspecified atom stereocenters. The van der Waals surface area contributed by atoms with E-state index in [4.69, 9.17) is 21.1 Å². The molecule has 6 heteroatoms. The van der Waals surface area contributed by atoms with Crippen LogP contribution in [0, 0.1) is 0 Å². The summed E-state index contributed by atoms with van der Waals surface area (Å²) >= 11 is 5.84. The predicted octanol–water partition coefficient (Wildman–Crippen LogP) is 2.17. The first kappa shape index (κ1) is 16.8. The van der Waals surface area contributed by atoms with Gasteiger partial charge in [0.05, 0.1) is 24.3 Å². The lowest BCUT2D eigenvalue weighted by molar-refractivity contribution is 0.0479. The Morgan fingerprint density at radius 2 is 2.10 bits per heavy atom. The van der Waals surface area contributed by atoms with E-state index in [2.05, 4.69) is 0 Å². The first-order valence-corrected chi connectivity index (χ1v) is 6.66. The van der Waals surface area contributed by atoms with Gasteiger partial charge >= 0.3 is 0 Å². The van der Waals surface area contributed by atoms with E-state index in [0.29, 0.717) is 25.3 Å². The van der Waals surface area contributed by atoms with Gasteiger partial charge in [-0.05, 0) is 25.1 Å². The van der Waals surface area contributed by atoms with Crippen molar-refractivity contribution in [3.8, 4) is 5.75 Å². The molecule has 1 rings (SSSR count). The van der Waals surface area contributed by atoms with Crippen LogP contribution in [0.4, 0.5) is 0 Å². The summed E-state index contributed by atoms with van der Waals surface area (Å²) in [5.74, 6) is -0.218. The van der Waals surface area contributed by atoms with Crippen LogP contribution in [-0.2, 0) is 9.47 Å². The Labute approximate surface area is 124 Å². The van der Waals surface area contributed by atoms with Gasteiger partial charge in [-0.15, -0.1) is 0 Å². The van der Waals surface area contributed by atoms with E-state index < -0.39 is 0 Å². The normalized spacial score (nSPS) is 12.2. The number of nitrogens with zero attached hydrogens (tertiary/aromatic N) is 1. The van der Waals surface area contributed by atoms with Crippen molar-refractivity contribution in [3.63, 3.8) is 0 Å². The number of phenolic OH excluding ortho intramolecular Hbond substituents is 1. The lowest BCUT2D eigenvalue weighted by Crippen LogP contribution is -2.43. The monoisotopic (exact) mass is 301 g/mol. The number of hydrogen-bond acceptors (Lipinski definition) is 4. The maximum atomic E-state index is 12.5. The number of aromatic hydroxyl groups is 1. The number of halogens is 1. The van der Waals surface area contributed by atoms with Crippen LogP contribution in [0.1, 0.15) is 17.3 Å². The number of benzene rings is 1. The number of rotatable bonds is 7. The zero-order chi connectivity index (χ0) is 15.1. The Morgan fingerprint density at radius 1 is 1.40 bits per heavy atom. The Morgan fingerprint density at radius 3 is 2.65 bits per heavy atom. The Balaban J connectivity index is 2.93. The molecular weight excluding hydrogens is 282 g/mol. The van der Waals surface area contributed by atoms with Crippen LogP contribution in [0.2, 0.25) is 5.02 Å². The van der Waals surface area contributed by atoms with Crippen molar-refractivity contribution in [2.24, 2.45) is 0 Å². The summed E-state index contributed by atoms with van der Waals surface area (Å²) in [6, 6.07) is 4.32. The van der Waals surface area contributed by atoms with Crippen molar-refractivity contribution in [3.05, 3.63) is 28.8 Å². The number of phenols is 1. The summed E-state index contributed by atoms with van der Waals surface area (Å²) in [5, 5.41) is 9.56. The van der Waals surface area contributed by atoms with Crippen molar-refractivity contribution in [2.45, 2.75) is 13.0 Å². The highest BCUT2D eigenvalue weighted by molar-refractivity contribution is 6.32. The number of carbonyl (C=O) groups excluding carboxylic acids is 1. The molecule has 1 aromatic rings. The largest absolute Gasteiger partial charge is 0.506 e. The average molecular weight is 302 g/mol. The first-order valence-electron chi connectivity index (χ1n) is 6.28. The Hall–Kier alpha value is -1.30. The smallest absolute Gasteiger partial charge is 0.254 e. The van der Waals surface area contributed by atoms with Gasteiger partial charge in [0, 0.05) is 26.3 Å². The molecule has 1 aromatic carbocycles. The van der Waals surface area contributed by atoms with Crippen molar-refractivity contribution in [2.75, 3.05) is 34.0 Å². The standard InChI is InChI=1S/C14H20ClNO4/c1-10(9-20-3)16(6-7-19-2)14(18)11-4-5-13(17)12(15)8-11/h4-5,8,10,17H,6-7,9H2,1-3H3. The number of hydrogen-bond donors (Lipinski definition) is 1. The van der Waals surface area contributed by atoms with Crippen molar-refractivity contribution < 1.29 is 19.4 Å². The summed E-state index contributed by atoms with van der Waals surface area (Å²) in [5.41, 5.74) is 0.423. The molecule has 0 radical (unpaired) electrons. The van der Waals surface area contributed by atoms with E-state index in [0.717, 1.165) is 0 Å². The molecule has 5 nitrogen and oxygen atoms in total. The molecule has 1 amide bonds. The van der Waals surface area contributed by atoms with Gasteiger partial charge < -0.3 is 19.5 Å². The zero-order valence-corrected chi connectivity index (χ0v) is 12.7. The van der Waals surface area contributed by atoms with Crippen LogP contribution in [0.15, 0.2) is 18.2 Å². The second kappa shape index (κ2) is 8.09. The third-order valence-corrected chi connectivity index (χ3v) is 3.23. The highest BCUT2D eigenvalue weighted by Gasteiger charge is 2.21. The van der Waals surface area contributed by atoms with Crippen LogP contribution in [0.25, 0.3) is 0 Å². The third-order valence-electron chi connectivity index (χ3n) is 2.93. The van der Waals surface area contributed by atoms with Crippen LogP contribution in [0.3, 0.4) is 0 Å². The minimum absolute atomic E-state index is 0.0448. The van der Waals surface area contributed by atoms with Gasteiger partial charge in [-0.25, -0.2) is 0 Å². The maximum Gasteiger partial charge on any atom is 0.254 e. The molecule has 0 aliphatic heterocycles. The molecule has 0 heterocycles. The molecule has 0 saturated carbocycles. The second-order valence-electron chi connectivity index (χ2n) is 4.46. The lowest BCUT2D eigenvalue weighted by atomic mass is 10.1. The zero-order valence-electron chi connectivity index (χ0n) is 11.9. The van der Waals surface area contributed by atoms with Gasteiger partial charge in [-0.3, -0.25) is 4.79 Å². The molecule has 0 spiro atoms. The lowest BCUT2D eigenvalue weighted by Gasteiger charge is -2.28. The van der Waals surface area contributed by atoms with E-state index in [1.54, 1.807) is 25.2 Å². The second-order valence-corrected chi connectivity index (χ2v) is 4.87. The fourth-order valence-electron chi connectivity index (χ4n) is 1.85. The van der Waals surface area contributed by atoms with Crippen molar-refractivity contribution >= 4 is 17.5 Å². The third kappa shape index (κ3) is 4.37. The maximum absolute atomic E-state index is 12.5.